The van der Waals surface area contributed by atoms with Crippen molar-refractivity contribution in [2.75, 3.05) is 20.1 Å². The average Bonchev–Trinajstić information content (AvgIpc) is 2.39. The molecule has 1 aromatic rings. The lowest BCUT2D eigenvalue weighted by Gasteiger charge is -2.34. The molecule has 1 saturated heterocycles. The second-order valence-corrected chi connectivity index (χ2v) is 6.79. The molecule has 0 aliphatic carbocycles. The number of halogens is 1. The van der Waals surface area contributed by atoms with Crippen LogP contribution in [0.3, 0.4) is 0 Å². The maximum absolute atomic E-state index is 3.77. The molecule has 1 aromatic carbocycles. The Morgan fingerprint density at radius 2 is 1.95 bits per heavy atom. The second kappa shape index (κ2) is 6.87. The Balaban J connectivity index is 1.89. The Labute approximate surface area is 125 Å². The smallest absolute Gasteiger partial charge is 0.0294 e. The monoisotopic (exact) mass is 324 g/mol. The van der Waals surface area contributed by atoms with E-state index in [9.17, 15) is 0 Å². The van der Waals surface area contributed by atoms with Crippen LogP contribution >= 0.6 is 15.9 Å². The Morgan fingerprint density at radius 1 is 1.26 bits per heavy atom. The lowest BCUT2D eigenvalue weighted by molar-refractivity contribution is 0.185. The van der Waals surface area contributed by atoms with Crippen molar-refractivity contribution >= 4 is 15.9 Å². The SMILES string of the molecule is CC(N[C@H](C)c1cccc(Br)c1)C1CCN(C)CC1. The molecule has 19 heavy (non-hydrogen) atoms. The molecule has 0 aromatic heterocycles. The van der Waals surface area contributed by atoms with Crippen LogP contribution in [0.1, 0.15) is 38.3 Å². The molecule has 2 rings (SSSR count). The van der Waals surface area contributed by atoms with Crippen molar-refractivity contribution in [1.29, 1.82) is 0 Å². The second-order valence-electron chi connectivity index (χ2n) is 5.87. The highest BCUT2D eigenvalue weighted by Crippen LogP contribution is 2.23. The summed E-state index contributed by atoms with van der Waals surface area (Å²) in [7, 11) is 2.22. The summed E-state index contributed by atoms with van der Waals surface area (Å²) in [6.45, 7) is 7.07. The normalized spacial score (nSPS) is 21.3. The van der Waals surface area contributed by atoms with Crippen molar-refractivity contribution < 1.29 is 0 Å². The topological polar surface area (TPSA) is 15.3 Å². The molecule has 1 heterocycles. The lowest BCUT2D eigenvalue weighted by Crippen LogP contribution is -2.41. The first-order valence-electron chi connectivity index (χ1n) is 7.26. The lowest BCUT2D eigenvalue weighted by atomic mass is 9.90. The first kappa shape index (κ1) is 15.0. The van der Waals surface area contributed by atoms with Gasteiger partial charge in [-0.2, -0.15) is 0 Å². The van der Waals surface area contributed by atoms with Crippen LogP contribution in [0, 0.1) is 5.92 Å². The van der Waals surface area contributed by atoms with Crippen molar-refractivity contribution in [2.45, 2.75) is 38.8 Å². The molecular formula is C16H25BrN2. The quantitative estimate of drug-likeness (QED) is 0.905. The van der Waals surface area contributed by atoms with E-state index in [1.54, 1.807) is 0 Å². The van der Waals surface area contributed by atoms with Gasteiger partial charge in [-0.15, -0.1) is 0 Å². The van der Waals surface area contributed by atoms with E-state index in [2.05, 4.69) is 71.3 Å². The number of benzene rings is 1. The molecule has 1 aliphatic rings. The van der Waals surface area contributed by atoms with Gasteiger partial charge in [-0.1, -0.05) is 28.1 Å². The van der Waals surface area contributed by atoms with E-state index in [0.29, 0.717) is 12.1 Å². The first-order valence-corrected chi connectivity index (χ1v) is 8.05. The summed E-state index contributed by atoms with van der Waals surface area (Å²) < 4.78 is 1.16. The number of hydrogen-bond donors (Lipinski definition) is 1. The summed E-state index contributed by atoms with van der Waals surface area (Å²) in [6.07, 6.45) is 2.63. The summed E-state index contributed by atoms with van der Waals surface area (Å²) in [4.78, 5) is 2.43. The number of rotatable bonds is 4. The fraction of sp³-hybridized carbons (Fsp3) is 0.625. The van der Waals surface area contributed by atoms with Crippen LogP contribution in [0.2, 0.25) is 0 Å². The van der Waals surface area contributed by atoms with Crippen LogP contribution in [-0.2, 0) is 0 Å². The van der Waals surface area contributed by atoms with Gasteiger partial charge < -0.3 is 10.2 Å². The predicted octanol–water partition coefficient (Wildman–Crippen LogP) is 3.83. The maximum atomic E-state index is 3.77. The van der Waals surface area contributed by atoms with Gasteiger partial charge >= 0.3 is 0 Å². The molecule has 0 saturated carbocycles. The van der Waals surface area contributed by atoms with Crippen molar-refractivity contribution in [3.63, 3.8) is 0 Å². The molecule has 2 nitrogen and oxygen atoms in total. The highest BCUT2D eigenvalue weighted by atomic mass is 79.9. The fourth-order valence-electron chi connectivity index (χ4n) is 2.93. The number of nitrogens with zero attached hydrogens (tertiary/aromatic N) is 1. The van der Waals surface area contributed by atoms with Gasteiger partial charge in [-0.05, 0) is 70.4 Å². The first-order chi connectivity index (χ1) is 9.06. The van der Waals surface area contributed by atoms with E-state index in [1.165, 1.54) is 31.5 Å². The van der Waals surface area contributed by atoms with E-state index in [4.69, 9.17) is 0 Å². The molecular weight excluding hydrogens is 300 g/mol. The van der Waals surface area contributed by atoms with Crippen LogP contribution in [0.5, 0.6) is 0 Å². The van der Waals surface area contributed by atoms with Crippen LogP contribution in [-0.4, -0.2) is 31.1 Å². The maximum Gasteiger partial charge on any atom is 0.0294 e. The van der Waals surface area contributed by atoms with E-state index >= 15 is 0 Å². The minimum atomic E-state index is 0.409. The minimum absolute atomic E-state index is 0.409. The third kappa shape index (κ3) is 4.30. The van der Waals surface area contributed by atoms with Crippen LogP contribution in [0.25, 0.3) is 0 Å². The molecule has 0 spiro atoms. The zero-order chi connectivity index (χ0) is 13.8. The van der Waals surface area contributed by atoms with E-state index < -0.39 is 0 Å². The van der Waals surface area contributed by atoms with Crippen LogP contribution in [0.4, 0.5) is 0 Å². The van der Waals surface area contributed by atoms with E-state index in [-0.39, 0.29) is 0 Å². The molecule has 1 aliphatic heterocycles. The third-order valence-corrected chi connectivity index (χ3v) is 4.83. The molecule has 0 bridgehead atoms. The number of likely N-dealkylation sites (tertiary alicyclic amines) is 1. The van der Waals surface area contributed by atoms with Crippen molar-refractivity contribution in [2.24, 2.45) is 5.92 Å². The van der Waals surface area contributed by atoms with Crippen LogP contribution in [0.15, 0.2) is 28.7 Å². The predicted molar refractivity (Wildman–Crippen MR) is 85.4 cm³/mol. The number of piperidine rings is 1. The van der Waals surface area contributed by atoms with Gasteiger partial charge in [0.05, 0.1) is 0 Å². The summed E-state index contributed by atoms with van der Waals surface area (Å²) in [5.74, 6) is 0.811. The third-order valence-electron chi connectivity index (χ3n) is 4.33. The molecule has 106 valence electrons. The molecule has 0 radical (unpaired) electrons. The zero-order valence-corrected chi connectivity index (χ0v) is 13.8. The molecule has 3 heteroatoms. The van der Waals surface area contributed by atoms with Crippen LogP contribution < -0.4 is 5.32 Å². The zero-order valence-electron chi connectivity index (χ0n) is 12.2. The fourth-order valence-corrected chi connectivity index (χ4v) is 3.35. The molecule has 0 amide bonds. The minimum Gasteiger partial charge on any atom is -0.307 e. The average molecular weight is 325 g/mol. The van der Waals surface area contributed by atoms with E-state index in [0.717, 1.165) is 10.4 Å². The van der Waals surface area contributed by atoms with Gasteiger partial charge in [-0.25, -0.2) is 0 Å². The van der Waals surface area contributed by atoms with Gasteiger partial charge in [-0.3, -0.25) is 0 Å². The highest BCUT2D eigenvalue weighted by Gasteiger charge is 2.23. The Kier molecular flexibility index (Phi) is 5.43. The Hall–Kier alpha value is -0.380. The molecule has 1 fully saturated rings. The van der Waals surface area contributed by atoms with Gasteiger partial charge in [0.2, 0.25) is 0 Å². The van der Waals surface area contributed by atoms with Gasteiger partial charge in [0, 0.05) is 16.6 Å². The van der Waals surface area contributed by atoms with Crippen molar-refractivity contribution in [3.05, 3.63) is 34.3 Å². The largest absolute Gasteiger partial charge is 0.307 e. The van der Waals surface area contributed by atoms with Gasteiger partial charge in [0.15, 0.2) is 0 Å². The summed E-state index contributed by atoms with van der Waals surface area (Å²) >= 11 is 3.55. The Morgan fingerprint density at radius 3 is 2.58 bits per heavy atom. The Bertz CT molecular complexity index is 399. The van der Waals surface area contributed by atoms with Gasteiger partial charge in [0.1, 0.15) is 0 Å². The van der Waals surface area contributed by atoms with Gasteiger partial charge in [0.25, 0.3) is 0 Å². The summed E-state index contributed by atoms with van der Waals surface area (Å²) in [5.41, 5.74) is 1.36. The standard InChI is InChI=1S/C16H25BrN2/c1-12(14-7-9-19(3)10-8-14)18-13(2)15-5-4-6-16(17)11-15/h4-6,11-14,18H,7-10H2,1-3H3/t12?,13-/m1/s1. The van der Waals surface area contributed by atoms with Crippen molar-refractivity contribution in [1.82, 2.24) is 10.2 Å². The molecule has 1 unspecified atom stereocenters. The summed E-state index contributed by atoms with van der Waals surface area (Å²) in [5, 5.41) is 3.77. The highest BCUT2D eigenvalue weighted by molar-refractivity contribution is 9.10. The van der Waals surface area contributed by atoms with E-state index in [1.807, 2.05) is 0 Å². The summed E-state index contributed by atoms with van der Waals surface area (Å²) in [6, 6.07) is 9.59. The van der Waals surface area contributed by atoms with Crippen molar-refractivity contribution in [3.8, 4) is 0 Å². The molecule has 2 atom stereocenters. The number of nitrogens with one attached hydrogen (secondary N) is 1. The number of hydrogen-bond acceptors (Lipinski definition) is 2. The molecule has 1 N–H and O–H groups in total.